The molecule has 5 nitrogen and oxygen atoms in total. The maximum atomic E-state index is 8.84. The van der Waals surface area contributed by atoms with Crippen molar-refractivity contribution < 1.29 is 14.6 Å². The molecule has 100 valence electrons. The van der Waals surface area contributed by atoms with Crippen LogP contribution in [0.15, 0.2) is 12.1 Å². The summed E-state index contributed by atoms with van der Waals surface area (Å²) >= 11 is 0. The van der Waals surface area contributed by atoms with Gasteiger partial charge in [0.1, 0.15) is 13.2 Å². The normalized spacial score (nSPS) is 15.5. The van der Waals surface area contributed by atoms with Crippen molar-refractivity contribution in [3.05, 3.63) is 23.3 Å². The Bertz CT molecular complexity index is 409. The van der Waals surface area contributed by atoms with Crippen LogP contribution in [0.1, 0.15) is 11.1 Å². The number of aryl methyl sites for hydroxylation is 1. The molecule has 0 aliphatic carbocycles. The molecule has 0 radical (unpaired) electrons. The van der Waals surface area contributed by atoms with Crippen LogP contribution in [-0.2, 0) is 6.54 Å². The number of nitrogens with one attached hydrogen (secondary N) is 1. The summed E-state index contributed by atoms with van der Waals surface area (Å²) in [4.78, 5) is 0. The summed E-state index contributed by atoms with van der Waals surface area (Å²) in [7, 11) is 0. The van der Waals surface area contributed by atoms with Crippen LogP contribution in [0.2, 0.25) is 0 Å². The first-order valence-electron chi connectivity index (χ1n) is 6.17. The van der Waals surface area contributed by atoms with Crippen molar-refractivity contribution >= 4 is 0 Å². The lowest BCUT2D eigenvalue weighted by molar-refractivity contribution is 0.171. The highest BCUT2D eigenvalue weighted by Crippen LogP contribution is 2.32. The first-order valence-corrected chi connectivity index (χ1v) is 6.17. The molecule has 1 heterocycles. The van der Waals surface area contributed by atoms with E-state index in [0.29, 0.717) is 26.3 Å². The molecular weight excluding hydrogens is 232 g/mol. The zero-order chi connectivity index (χ0) is 13.0. The number of aliphatic hydroxyl groups is 1. The van der Waals surface area contributed by atoms with Gasteiger partial charge in [-0.15, -0.1) is 0 Å². The summed E-state index contributed by atoms with van der Waals surface area (Å²) in [5.41, 5.74) is 7.94. The van der Waals surface area contributed by atoms with E-state index in [2.05, 4.69) is 5.32 Å². The monoisotopic (exact) mass is 252 g/mol. The van der Waals surface area contributed by atoms with Gasteiger partial charge >= 0.3 is 0 Å². The highest BCUT2D eigenvalue weighted by atomic mass is 16.6. The van der Waals surface area contributed by atoms with Gasteiger partial charge in [-0.2, -0.15) is 0 Å². The van der Waals surface area contributed by atoms with Crippen molar-refractivity contribution in [1.82, 2.24) is 5.32 Å². The van der Waals surface area contributed by atoms with E-state index >= 15 is 0 Å². The molecule has 18 heavy (non-hydrogen) atoms. The van der Waals surface area contributed by atoms with E-state index in [1.165, 1.54) is 0 Å². The second-order valence-corrected chi connectivity index (χ2v) is 4.50. The number of aliphatic hydroxyl groups excluding tert-OH is 1. The molecular formula is C13H20N2O3. The van der Waals surface area contributed by atoms with Gasteiger partial charge in [0.05, 0.1) is 6.61 Å². The first kappa shape index (κ1) is 13.1. The van der Waals surface area contributed by atoms with Crippen molar-refractivity contribution in [1.29, 1.82) is 0 Å². The molecule has 1 aromatic carbocycles. The SMILES string of the molecule is Cc1cc2c(cc1CNCC(N)CO)OCCO2. The van der Waals surface area contributed by atoms with Crippen molar-refractivity contribution in [2.75, 3.05) is 26.4 Å². The summed E-state index contributed by atoms with van der Waals surface area (Å²) in [5.74, 6) is 1.62. The Morgan fingerprint density at radius 3 is 2.67 bits per heavy atom. The highest BCUT2D eigenvalue weighted by Gasteiger charge is 2.14. The lowest BCUT2D eigenvalue weighted by Gasteiger charge is -2.20. The number of hydrogen-bond acceptors (Lipinski definition) is 5. The average Bonchev–Trinajstić information content (AvgIpc) is 2.39. The van der Waals surface area contributed by atoms with E-state index in [4.69, 9.17) is 20.3 Å². The molecule has 1 aliphatic heterocycles. The van der Waals surface area contributed by atoms with Crippen LogP contribution in [0.5, 0.6) is 11.5 Å². The summed E-state index contributed by atoms with van der Waals surface area (Å²) in [6.45, 7) is 4.53. The molecule has 0 aromatic heterocycles. The number of hydrogen-bond donors (Lipinski definition) is 3. The van der Waals surface area contributed by atoms with Gasteiger partial charge in [0, 0.05) is 19.1 Å². The Labute approximate surface area is 107 Å². The van der Waals surface area contributed by atoms with Gasteiger partial charge < -0.3 is 25.6 Å². The number of nitrogens with two attached hydrogens (primary N) is 1. The Balaban J connectivity index is 2.00. The maximum absolute atomic E-state index is 8.84. The zero-order valence-electron chi connectivity index (χ0n) is 10.6. The minimum absolute atomic E-state index is 0.00682. The fourth-order valence-corrected chi connectivity index (χ4v) is 1.88. The van der Waals surface area contributed by atoms with Crippen molar-refractivity contribution in [3.63, 3.8) is 0 Å². The Morgan fingerprint density at radius 1 is 1.33 bits per heavy atom. The summed E-state index contributed by atoms with van der Waals surface area (Å²) in [6, 6.07) is 3.78. The standard InChI is InChI=1S/C13H20N2O3/c1-9-4-12-13(18-3-2-17-12)5-10(9)6-15-7-11(14)8-16/h4-5,11,15-16H,2-3,6-8,14H2,1H3. The fourth-order valence-electron chi connectivity index (χ4n) is 1.88. The van der Waals surface area contributed by atoms with Crippen LogP contribution >= 0.6 is 0 Å². The molecule has 0 fully saturated rings. The van der Waals surface area contributed by atoms with E-state index in [1.54, 1.807) is 0 Å². The second kappa shape index (κ2) is 6.04. The summed E-state index contributed by atoms with van der Waals surface area (Å²) in [5, 5.41) is 12.1. The lowest BCUT2D eigenvalue weighted by atomic mass is 10.1. The molecule has 4 N–H and O–H groups in total. The van der Waals surface area contributed by atoms with E-state index in [0.717, 1.165) is 22.6 Å². The Kier molecular flexibility index (Phi) is 4.41. The van der Waals surface area contributed by atoms with Crippen molar-refractivity contribution in [2.24, 2.45) is 5.73 Å². The van der Waals surface area contributed by atoms with Crippen LogP contribution in [0.3, 0.4) is 0 Å². The van der Waals surface area contributed by atoms with Gasteiger partial charge in [-0.3, -0.25) is 0 Å². The molecule has 0 spiro atoms. The third-order valence-corrected chi connectivity index (χ3v) is 2.96. The van der Waals surface area contributed by atoms with E-state index < -0.39 is 0 Å². The van der Waals surface area contributed by atoms with Gasteiger partial charge in [-0.25, -0.2) is 0 Å². The van der Waals surface area contributed by atoms with Crippen LogP contribution in [0, 0.1) is 6.92 Å². The maximum Gasteiger partial charge on any atom is 0.161 e. The zero-order valence-corrected chi connectivity index (χ0v) is 10.6. The van der Waals surface area contributed by atoms with Gasteiger partial charge in [0.15, 0.2) is 11.5 Å². The topological polar surface area (TPSA) is 76.7 Å². The number of rotatable bonds is 5. The van der Waals surface area contributed by atoms with Crippen LogP contribution in [0.4, 0.5) is 0 Å². The minimum atomic E-state index is -0.220. The third-order valence-electron chi connectivity index (χ3n) is 2.96. The molecule has 0 amide bonds. The molecule has 0 bridgehead atoms. The smallest absolute Gasteiger partial charge is 0.161 e. The van der Waals surface area contributed by atoms with Gasteiger partial charge in [0.2, 0.25) is 0 Å². The molecule has 1 atom stereocenters. The lowest BCUT2D eigenvalue weighted by Crippen LogP contribution is -2.36. The predicted molar refractivity (Wildman–Crippen MR) is 68.9 cm³/mol. The average molecular weight is 252 g/mol. The fraction of sp³-hybridized carbons (Fsp3) is 0.538. The van der Waals surface area contributed by atoms with E-state index in [1.807, 2.05) is 19.1 Å². The molecule has 1 aliphatic rings. The van der Waals surface area contributed by atoms with Gasteiger partial charge in [-0.1, -0.05) is 0 Å². The van der Waals surface area contributed by atoms with Crippen molar-refractivity contribution in [2.45, 2.75) is 19.5 Å². The molecule has 0 saturated heterocycles. The highest BCUT2D eigenvalue weighted by molar-refractivity contribution is 5.47. The summed E-state index contributed by atoms with van der Waals surface area (Å²) in [6.07, 6.45) is 0. The molecule has 0 saturated carbocycles. The number of benzene rings is 1. The Morgan fingerprint density at radius 2 is 2.00 bits per heavy atom. The van der Waals surface area contributed by atoms with Crippen molar-refractivity contribution in [3.8, 4) is 11.5 Å². The van der Waals surface area contributed by atoms with E-state index in [-0.39, 0.29) is 12.6 Å². The number of ether oxygens (including phenoxy) is 2. The largest absolute Gasteiger partial charge is 0.486 e. The quantitative estimate of drug-likeness (QED) is 0.696. The molecule has 1 aromatic rings. The van der Waals surface area contributed by atoms with Gasteiger partial charge in [0.25, 0.3) is 0 Å². The predicted octanol–water partition coefficient (Wildman–Crippen LogP) is 0.175. The third kappa shape index (κ3) is 3.13. The minimum Gasteiger partial charge on any atom is -0.486 e. The summed E-state index contributed by atoms with van der Waals surface area (Å²) < 4.78 is 11.1. The van der Waals surface area contributed by atoms with E-state index in [9.17, 15) is 0 Å². The molecule has 2 rings (SSSR count). The van der Waals surface area contributed by atoms with Crippen LogP contribution < -0.4 is 20.5 Å². The van der Waals surface area contributed by atoms with Gasteiger partial charge in [-0.05, 0) is 30.2 Å². The van der Waals surface area contributed by atoms with Crippen LogP contribution in [0.25, 0.3) is 0 Å². The number of fused-ring (bicyclic) bond motifs is 1. The van der Waals surface area contributed by atoms with Crippen LogP contribution in [-0.4, -0.2) is 37.5 Å². The Hall–Kier alpha value is -1.30. The second-order valence-electron chi connectivity index (χ2n) is 4.50. The molecule has 5 heteroatoms. The first-order chi connectivity index (χ1) is 8.70. The molecule has 1 unspecified atom stereocenters.